The van der Waals surface area contributed by atoms with Crippen LogP contribution in [0, 0.1) is 11.3 Å². The number of nitrogens with zero attached hydrogens (tertiary/aromatic N) is 4. The van der Waals surface area contributed by atoms with Crippen LogP contribution in [0.1, 0.15) is 22.5 Å². The summed E-state index contributed by atoms with van der Waals surface area (Å²) in [7, 11) is 1.84. The summed E-state index contributed by atoms with van der Waals surface area (Å²) in [5, 5.41) is 23.3. The molecule has 0 aliphatic carbocycles. The Morgan fingerprint density at radius 2 is 1.75 bits per heavy atom. The van der Waals surface area contributed by atoms with E-state index in [2.05, 4.69) is 4.98 Å². The van der Waals surface area contributed by atoms with Gasteiger partial charge in [0.15, 0.2) is 5.60 Å². The summed E-state index contributed by atoms with van der Waals surface area (Å²) < 4.78 is 1.80. The van der Waals surface area contributed by atoms with Crippen molar-refractivity contribution in [3.63, 3.8) is 0 Å². The molecule has 0 saturated carbocycles. The molecule has 3 aromatic carbocycles. The van der Waals surface area contributed by atoms with Crippen LogP contribution in [0.5, 0.6) is 0 Å². The highest BCUT2D eigenvalue weighted by Crippen LogP contribution is 2.40. The molecule has 5 rings (SSSR count). The van der Waals surface area contributed by atoms with Gasteiger partial charge >= 0.3 is 0 Å². The number of nitriles is 1. The molecule has 0 aliphatic heterocycles. The second kappa shape index (κ2) is 9.60. The van der Waals surface area contributed by atoms with E-state index in [4.69, 9.17) is 33.4 Å². The van der Waals surface area contributed by atoms with Crippen molar-refractivity contribution >= 4 is 40.2 Å². The number of aromatic nitrogens is 3. The van der Waals surface area contributed by atoms with Gasteiger partial charge in [-0.25, -0.2) is 9.97 Å². The van der Waals surface area contributed by atoms with Gasteiger partial charge in [0, 0.05) is 28.6 Å². The summed E-state index contributed by atoms with van der Waals surface area (Å²) in [5.74, 6) is 0. The first kappa shape index (κ1) is 23.8. The van der Waals surface area contributed by atoms with E-state index in [1.807, 2.05) is 73.8 Å². The number of imidazole rings is 1. The second-order valence-corrected chi connectivity index (χ2v) is 9.28. The summed E-state index contributed by atoms with van der Waals surface area (Å²) in [6.45, 7) is 0. The molecule has 1 atom stereocenters. The lowest BCUT2D eigenvalue weighted by Gasteiger charge is -2.30. The monoisotopic (exact) mass is 510 g/mol. The van der Waals surface area contributed by atoms with Gasteiger partial charge in [0.2, 0.25) is 0 Å². The lowest BCUT2D eigenvalue weighted by atomic mass is 9.82. The van der Waals surface area contributed by atoms with Crippen LogP contribution in [0.2, 0.25) is 10.0 Å². The van der Waals surface area contributed by atoms with Gasteiger partial charge in [-0.05, 0) is 70.8 Å². The maximum atomic E-state index is 12.3. The van der Waals surface area contributed by atoms with Gasteiger partial charge in [0.05, 0.1) is 35.5 Å². The van der Waals surface area contributed by atoms with Gasteiger partial charge in [-0.15, -0.1) is 0 Å². The number of halogens is 2. The molecule has 0 fully saturated rings. The van der Waals surface area contributed by atoms with Crippen LogP contribution in [0.3, 0.4) is 0 Å². The molecule has 0 amide bonds. The van der Waals surface area contributed by atoms with Gasteiger partial charge in [0.1, 0.15) is 0 Å². The standard InChI is InChI=1S/C29H20Cl2N4O/c1-35-18-33-17-28(35)29(36,20-7-10-22(30)11-8-20)21-9-12-27-26(15-21)25(16-24(34-27)6-3-13-32)19-4-2-5-23(31)14-19/h2-12,14-18,36H,1H3/b6-3+. The predicted molar refractivity (Wildman–Crippen MR) is 144 cm³/mol. The fourth-order valence-corrected chi connectivity index (χ4v) is 4.75. The number of fused-ring (bicyclic) bond motifs is 1. The quantitative estimate of drug-likeness (QED) is 0.265. The summed E-state index contributed by atoms with van der Waals surface area (Å²) >= 11 is 12.5. The third-order valence-electron chi connectivity index (χ3n) is 6.16. The molecule has 5 aromatic rings. The normalized spacial score (nSPS) is 13.1. The fraction of sp³-hybridized carbons (Fsp3) is 0.0690. The zero-order valence-corrected chi connectivity index (χ0v) is 20.7. The number of allylic oxidation sites excluding steroid dienone is 1. The molecule has 5 nitrogen and oxygen atoms in total. The molecule has 0 bridgehead atoms. The smallest absolute Gasteiger partial charge is 0.156 e. The highest BCUT2D eigenvalue weighted by molar-refractivity contribution is 6.31. The highest BCUT2D eigenvalue weighted by atomic mass is 35.5. The molecular weight excluding hydrogens is 491 g/mol. The van der Waals surface area contributed by atoms with E-state index >= 15 is 0 Å². The van der Waals surface area contributed by atoms with Crippen LogP contribution in [0.25, 0.3) is 28.1 Å². The number of aryl methyl sites for hydroxylation is 1. The maximum Gasteiger partial charge on any atom is 0.156 e. The molecule has 0 radical (unpaired) electrons. The Labute approximate surface area is 218 Å². The number of pyridine rings is 1. The Kier molecular flexibility index (Phi) is 6.34. The first-order valence-corrected chi connectivity index (χ1v) is 11.9. The molecule has 0 spiro atoms. The minimum absolute atomic E-state index is 0.579. The first-order valence-electron chi connectivity index (χ1n) is 11.1. The minimum atomic E-state index is -1.50. The van der Waals surface area contributed by atoms with Crippen LogP contribution in [-0.2, 0) is 12.6 Å². The topological polar surface area (TPSA) is 74.7 Å². The van der Waals surface area contributed by atoms with Gasteiger partial charge in [0.25, 0.3) is 0 Å². The van der Waals surface area contributed by atoms with Gasteiger partial charge < -0.3 is 9.67 Å². The molecular formula is C29H20Cl2N4O. The van der Waals surface area contributed by atoms with E-state index in [1.54, 1.807) is 35.3 Å². The van der Waals surface area contributed by atoms with Crippen molar-refractivity contribution in [2.24, 2.45) is 7.05 Å². The average Bonchev–Trinajstić information content (AvgIpc) is 3.33. The molecule has 36 heavy (non-hydrogen) atoms. The van der Waals surface area contributed by atoms with Crippen molar-refractivity contribution in [2.75, 3.05) is 0 Å². The van der Waals surface area contributed by atoms with Crippen molar-refractivity contribution in [1.82, 2.24) is 14.5 Å². The van der Waals surface area contributed by atoms with E-state index in [1.165, 1.54) is 6.08 Å². The maximum absolute atomic E-state index is 12.3. The third kappa shape index (κ3) is 4.27. The lowest BCUT2D eigenvalue weighted by molar-refractivity contribution is 0.117. The van der Waals surface area contributed by atoms with Crippen molar-refractivity contribution in [2.45, 2.75) is 5.60 Å². The predicted octanol–water partition coefficient (Wildman–Crippen LogP) is 6.76. The molecule has 1 unspecified atom stereocenters. The molecule has 7 heteroatoms. The number of hydrogen-bond donors (Lipinski definition) is 1. The highest BCUT2D eigenvalue weighted by Gasteiger charge is 2.37. The van der Waals surface area contributed by atoms with Crippen molar-refractivity contribution < 1.29 is 5.11 Å². The Hall–Kier alpha value is -3.95. The van der Waals surface area contributed by atoms with Crippen LogP contribution in [-0.4, -0.2) is 19.6 Å². The van der Waals surface area contributed by atoms with E-state index in [0.29, 0.717) is 32.6 Å². The van der Waals surface area contributed by atoms with Crippen molar-refractivity contribution in [1.29, 1.82) is 5.26 Å². The van der Waals surface area contributed by atoms with E-state index in [0.717, 1.165) is 22.0 Å². The number of rotatable bonds is 5. The minimum Gasteiger partial charge on any atom is -0.374 e. The van der Waals surface area contributed by atoms with Gasteiger partial charge in [-0.1, -0.05) is 53.5 Å². The summed E-state index contributed by atoms with van der Waals surface area (Å²) in [6.07, 6.45) is 6.38. The number of benzene rings is 3. The van der Waals surface area contributed by atoms with E-state index < -0.39 is 5.60 Å². The fourth-order valence-electron chi connectivity index (χ4n) is 4.43. The van der Waals surface area contributed by atoms with Gasteiger partial charge in [-0.3, -0.25) is 0 Å². The van der Waals surface area contributed by atoms with E-state index in [-0.39, 0.29) is 0 Å². The molecule has 0 aliphatic rings. The van der Waals surface area contributed by atoms with Crippen LogP contribution < -0.4 is 0 Å². The van der Waals surface area contributed by atoms with Crippen LogP contribution >= 0.6 is 23.2 Å². The zero-order valence-electron chi connectivity index (χ0n) is 19.2. The summed E-state index contributed by atoms with van der Waals surface area (Å²) in [6, 6.07) is 24.3. The third-order valence-corrected chi connectivity index (χ3v) is 6.65. The summed E-state index contributed by atoms with van der Waals surface area (Å²) in [4.78, 5) is 8.97. The molecule has 0 saturated heterocycles. The van der Waals surface area contributed by atoms with Crippen LogP contribution in [0.15, 0.2) is 91.4 Å². The molecule has 176 valence electrons. The van der Waals surface area contributed by atoms with Crippen LogP contribution in [0.4, 0.5) is 0 Å². The number of hydrogen-bond acceptors (Lipinski definition) is 4. The lowest BCUT2D eigenvalue weighted by Crippen LogP contribution is -2.31. The van der Waals surface area contributed by atoms with Crippen molar-refractivity contribution in [3.05, 3.63) is 124 Å². The van der Waals surface area contributed by atoms with Gasteiger partial charge in [-0.2, -0.15) is 5.26 Å². The molecule has 2 heterocycles. The Bertz CT molecular complexity index is 1650. The SMILES string of the molecule is Cn1cncc1C(O)(c1ccc(Cl)cc1)c1ccc2nc(/C=C/C#N)cc(-c3cccc(Cl)c3)c2c1. The summed E-state index contributed by atoms with van der Waals surface area (Å²) in [5.41, 5.74) is 3.54. The largest absolute Gasteiger partial charge is 0.374 e. The Balaban J connectivity index is 1.80. The zero-order chi connectivity index (χ0) is 25.3. The van der Waals surface area contributed by atoms with E-state index in [9.17, 15) is 5.11 Å². The first-order chi connectivity index (χ1) is 17.4. The molecule has 1 N–H and O–H groups in total. The Morgan fingerprint density at radius 3 is 2.44 bits per heavy atom. The van der Waals surface area contributed by atoms with Crippen molar-refractivity contribution in [3.8, 4) is 17.2 Å². The molecule has 2 aromatic heterocycles. The Morgan fingerprint density at radius 1 is 0.972 bits per heavy atom. The number of aliphatic hydroxyl groups is 1. The average molecular weight is 511 g/mol. The second-order valence-electron chi connectivity index (χ2n) is 8.41.